The number of thiazole rings is 1. The molecule has 0 bridgehead atoms. The highest BCUT2D eigenvalue weighted by atomic mass is 35.5. The van der Waals surface area contributed by atoms with Crippen LogP contribution < -0.4 is 10.0 Å². The predicted octanol–water partition coefficient (Wildman–Crippen LogP) is 3.70. The molecular formula is C24H25ClFN5O3S2. The van der Waals surface area contributed by atoms with Gasteiger partial charge in [0.15, 0.2) is 10.8 Å². The number of hydrogen-bond acceptors (Lipinski definition) is 9. The van der Waals surface area contributed by atoms with Gasteiger partial charge in [-0.1, -0.05) is 29.6 Å². The summed E-state index contributed by atoms with van der Waals surface area (Å²) in [6.45, 7) is 1.06. The molecule has 1 spiro atoms. The van der Waals surface area contributed by atoms with Crippen molar-refractivity contribution in [2.24, 2.45) is 10.4 Å². The second kappa shape index (κ2) is 10.1. The Morgan fingerprint density at radius 3 is 2.86 bits per heavy atom. The number of ether oxygens (including phenoxy) is 1. The number of rotatable bonds is 7. The summed E-state index contributed by atoms with van der Waals surface area (Å²) in [7, 11) is 1.31. The number of amidine groups is 1. The van der Waals surface area contributed by atoms with Crippen LogP contribution in [-0.2, 0) is 14.3 Å². The maximum absolute atomic E-state index is 13.9. The number of hydrogen-bond donors (Lipinski definition) is 2. The van der Waals surface area contributed by atoms with Gasteiger partial charge in [0, 0.05) is 47.2 Å². The molecule has 0 radical (unpaired) electrons. The van der Waals surface area contributed by atoms with Crippen LogP contribution in [0.3, 0.4) is 0 Å². The second-order valence-corrected chi connectivity index (χ2v) is 11.1. The van der Waals surface area contributed by atoms with E-state index < -0.39 is 17.8 Å². The van der Waals surface area contributed by atoms with Crippen LogP contribution in [0.1, 0.15) is 35.9 Å². The van der Waals surface area contributed by atoms with E-state index in [4.69, 9.17) is 21.3 Å². The Hall–Kier alpha value is -2.47. The van der Waals surface area contributed by atoms with Crippen molar-refractivity contribution < 1.29 is 18.7 Å². The summed E-state index contributed by atoms with van der Waals surface area (Å²) in [5, 5.41) is 5.92. The molecule has 1 saturated carbocycles. The van der Waals surface area contributed by atoms with Gasteiger partial charge in [-0.05, 0) is 36.8 Å². The van der Waals surface area contributed by atoms with E-state index in [0.29, 0.717) is 28.6 Å². The number of aromatic nitrogens is 1. The Labute approximate surface area is 221 Å². The Kier molecular flexibility index (Phi) is 7.08. The van der Waals surface area contributed by atoms with Crippen LogP contribution in [0.25, 0.3) is 0 Å². The number of carbonyl (C=O) groups is 2. The van der Waals surface area contributed by atoms with Crippen molar-refractivity contribution in [3.63, 3.8) is 0 Å². The number of aliphatic imine (C=N–C) groups is 1. The molecule has 2 aromatic rings. The monoisotopic (exact) mass is 549 g/mol. The Morgan fingerprint density at radius 1 is 1.42 bits per heavy atom. The van der Waals surface area contributed by atoms with Crippen molar-refractivity contribution in [3.05, 3.63) is 62.5 Å². The molecule has 3 heterocycles. The van der Waals surface area contributed by atoms with Gasteiger partial charge in [0.25, 0.3) is 0 Å². The van der Waals surface area contributed by atoms with Crippen molar-refractivity contribution >= 4 is 52.6 Å². The standard InChI is InChI=1S/C24H25ClFN5O3S2/c1-34-23(33)18-16(11-31-12-24(5-6-24)10-17(31)21(32)30-35-2)28-20(22-27-7-8-36-22)29-19(18)14-4-3-13(26)9-15(14)25/h3-4,7-9,17,19H,5-6,10-12H2,1-2H3,(H,28,29)(H,30,32)/t17-,19?/m0/s1. The maximum Gasteiger partial charge on any atom is 0.338 e. The van der Waals surface area contributed by atoms with Crippen molar-refractivity contribution in [2.75, 3.05) is 26.5 Å². The van der Waals surface area contributed by atoms with E-state index in [1.165, 1.54) is 48.6 Å². The van der Waals surface area contributed by atoms with E-state index in [0.717, 1.165) is 25.8 Å². The van der Waals surface area contributed by atoms with Crippen LogP contribution in [0.2, 0.25) is 5.02 Å². The van der Waals surface area contributed by atoms with Crippen LogP contribution in [0.5, 0.6) is 0 Å². The van der Waals surface area contributed by atoms with E-state index in [1.807, 2.05) is 11.6 Å². The summed E-state index contributed by atoms with van der Waals surface area (Å²) >= 11 is 9.10. The number of carbonyl (C=O) groups excluding carboxylic acids is 2. The Balaban J connectivity index is 1.58. The molecule has 12 heteroatoms. The van der Waals surface area contributed by atoms with Gasteiger partial charge >= 0.3 is 5.97 Å². The van der Waals surface area contributed by atoms with E-state index in [-0.39, 0.29) is 28.0 Å². The smallest absolute Gasteiger partial charge is 0.338 e. The highest BCUT2D eigenvalue weighted by Crippen LogP contribution is 2.55. The van der Waals surface area contributed by atoms with Crippen LogP contribution in [0, 0.1) is 11.2 Å². The molecule has 1 aromatic heterocycles. The zero-order valence-electron chi connectivity index (χ0n) is 19.7. The molecule has 3 aliphatic rings. The average Bonchev–Trinajstić information content (AvgIpc) is 3.23. The summed E-state index contributed by atoms with van der Waals surface area (Å²) in [6, 6.07) is 2.86. The van der Waals surface area contributed by atoms with E-state index in [9.17, 15) is 14.0 Å². The molecule has 2 atom stereocenters. The van der Waals surface area contributed by atoms with Gasteiger partial charge < -0.3 is 10.1 Å². The van der Waals surface area contributed by atoms with Gasteiger partial charge in [-0.15, -0.1) is 11.3 Å². The minimum atomic E-state index is -0.836. The molecule has 1 aliphatic carbocycles. The first-order chi connectivity index (χ1) is 17.3. The first-order valence-electron chi connectivity index (χ1n) is 11.4. The normalized spacial score (nSPS) is 22.8. The third kappa shape index (κ3) is 4.89. The largest absolute Gasteiger partial charge is 0.466 e. The van der Waals surface area contributed by atoms with Gasteiger partial charge in [0.2, 0.25) is 5.91 Å². The molecule has 2 N–H and O–H groups in total. The van der Waals surface area contributed by atoms with Crippen molar-refractivity contribution in [2.45, 2.75) is 31.3 Å². The summed E-state index contributed by atoms with van der Waals surface area (Å²) in [5.74, 6) is -0.631. The summed E-state index contributed by atoms with van der Waals surface area (Å²) < 4.78 is 21.9. The molecule has 1 saturated heterocycles. The lowest BCUT2D eigenvalue weighted by molar-refractivity contribution is -0.136. The number of methoxy groups -OCH3 is 1. The molecule has 1 amide bonds. The maximum atomic E-state index is 13.9. The Morgan fingerprint density at radius 2 is 2.22 bits per heavy atom. The van der Waals surface area contributed by atoms with Crippen molar-refractivity contribution in [1.29, 1.82) is 0 Å². The van der Waals surface area contributed by atoms with Crippen LogP contribution >= 0.6 is 34.9 Å². The highest BCUT2D eigenvalue weighted by molar-refractivity contribution is 7.97. The third-order valence-electron chi connectivity index (χ3n) is 6.85. The lowest BCUT2D eigenvalue weighted by atomic mass is 9.95. The van der Waals surface area contributed by atoms with Crippen LogP contribution in [0.4, 0.5) is 4.39 Å². The quantitative estimate of drug-likeness (QED) is 0.401. The molecule has 1 aromatic carbocycles. The van der Waals surface area contributed by atoms with Crippen molar-refractivity contribution in [1.82, 2.24) is 19.9 Å². The van der Waals surface area contributed by atoms with Crippen LogP contribution in [0.15, 0.2) is 46.0 Å². The second-order valence-electron chi connectivity index (χ2n) is 9.19. The lowest BCUT2D eigenvalue weighted by Crippen LogP contribution is -2.45. The summed E-state index contributed by atoms with van der Waals surface area (Å²) in [5.41, 5.74) is 1.45. The molecule has 5 rings (SSSR count). The molecule has 1 unspecified atom stereocenters. The third-order valence-corrected chi connectivity index (χ3v) is 8.37. The molecule has 36 heavy (non-hydrogen) atoms. The van der Waals surface area contributed by atoms with Gasteiger partial charge in [-0.3, -0.25) is 19.4 Å². The fraction of sp³-hybridized carbons (Fsp3) is 0.417. The number of esters is 1. The van der Waals surface area contributed by atoms with Gasteiger partial charge in [-0.2, -0.15) is 0 Å². The number of nitrogens with one attached hydrogen (secondary N) is 2. The SMILES string of the molecule is COC(=O)C1=C(CN2CC3(CC3)C[C@H]2C(=O)NSC)NC(c2nccs2)=NC1c1ccc(F)cc1Cl. The fourth-order valence-corrected chi connectivity index (χ4v) is 6.14. The number of nitrogens with zero attached hydrogens (tertiary/aromatic N) is 3. The van der Waals surface area contributed by atoms with Gasteiger partial charge in [0.1, 0.15) is 11.9 Å². The van der Waals surface area contributed by atoms with Crippen LogP contribution in [-0.4, -0.2) is 60.1 Å². The number of halogens is 2. The minimum Gasteiger partial charge on any atom is -0.466 e. The van der Waals surface area contributed by atoms with Crippen molar-refractivity contribution in [3.8, 4) is 0 Å². The molecule has 8 nitrogen and oxygen atoms in total. The lowest BCUT2D eigenvalue weighted by Gasteiger charge is -2.31. The first kappa shape index (κ1) is 25.2. The zero-order valence-corrected chi connectivity index (χ0v) is 22.1. The van der Waals surface area contributed by atoms with E-state index in [2.05, 4.69) is 19.9 Å². The van der Waals surface area contributed by atoms with E-state index >= 15 is 0 Å². The van der Waals surface area contributed by atoms with E-state index in [1.54, 1.807) is 6.20 Å². The number of amides is 1. The predicted molar refractivity (Wildman–Crippen MR) is 138 cm³/mol. The Bertz CT molecular complexity index is 1250. The molecular weight excluding hydrogens is 525 g/mol. The zero-order chi connectivity index (χ0) is 25.4. The highest BCUT2D eigenvalue weighted by Gasteiger charge is 2.54. The first-order valence-corrected chi connectivity index (χ1v) is 13.9. The summed E-state index contributed by atoms with van der Waals surface area (Å²) in [6.07, 6.45) is 6.44. The number of benzene rings is 1. The number of likely N-dealkylation sites (tertiary alicyclic amines) is 1. The molecule has 2 fully saturated rings. The van der Waals surface area contributed by atoms with Gasteiger partial charge in [0.05, 0.1) is 18.7 Å². The summed E-state index contributed by atoms with van der Waals surface area (Å²) in [4.78, 5) is 37.3. The molecule has 190 valence electrons. The topological polar surface area (TPSA) is 95.9 Å². The average molecular weight is 550 g/mol. The van der Waals surface area contributed by atoms with Gasteiger partial charge in [-0.25, -0.2) is 14.2 Å². The molecule has 2 aliphatic heterocycles. The fourth-order valence-electron chi connectivity index (χ4n) is 4.95. The minimum absolute atomic E-state index is 0.0470.